The van der Waals surface area contributed by atoms with Gasteiger partial charge < -0.3 is 14.7 Å². The number of ether oxygens (including phenoxy) is 1. The van der Waals surface area contributed by atoms with Crippen LogP contribution in [0.5, 0.6) is 0 Å². The Balaban J connectivity index is 1.84. The molecule has 1 aliphatic rings. The summed E-state index contributed by atoms with van der Waals surface area (Å²) in [7, 11) is 0. The Kier molecular flexibility index (Phi) is 4.76. The second-order valence-electron chi connectivity index (χ2n) is 6.00. The molecule has 0 aliphatic carbocycles. The average molecular weight is 318 g/mol. The topological polar surface area (TPSA) is 45.6 Å². The normalized spacial score (nSPS) is 22.3. The van der Waals surface area contributed by atoms with Gasteiger partial charge in [0.25, 0.3) is 0 Å². The lowest BCUT2D eigenvalue weighted by atomic mass is 10.0. The minimum atomic E-state index is -0.00341. The molecular weight excluding hydrogens is 296 g/mol. The van der Waals surface area contributed by atoms with E-state index in [0.717, 1.165) is 23.9 Å². The molecule has 4 nitrogen and oxygen atoms in total. The predicted molar refractivity (Wildman–Crippen MR) is 89.1 cm³/mol. The Bertz CT molecular complexity index is 600. The van der Waals surface area contributed by atoms with E-state index in [0.29, 0.717) is 5.92 Å². The Morgan fingerprint density at radius 3 is 2.73 bits per heavy atom. The van der Waals surface area contributed by atoms with Crippen LogP contribution in [-0.4, -0.2) is 29.3 Å². The van der Waals surface area contributed by atoms with Crippen LogP contribution in [0.25, 0.3) is 0 Å². The highest BCUT2D eigenvalue weighted by Gasteiger charge is 2.31. The summed E-state index contributed by atoms with van der Waals surface area (Å²) in [6.45, 7) is 6.02. The lowest BCUT2D eigenvalue weighted by Gasteiger charge is -2.40. The molecule has 0 unspecified atom stereocenters. The van der Waals surface area contributed by atoms with Crippen molar-refractivity contribution in [2.45, 2.75) is 32.7 Å². The molecule has 1 aromatic carbocycles. The van der Waals surface area contributed by atoms with Gasteiger partial charge in [0.1, 0.15) is 6.10 Å². The van der Waals surface area contributed by atoms with E-state index in [1.165, 1.54) is 5.56 Å². The van der Waals surface area contributed by atoms with Crippen molar-refractivity contribution in [3.8, 4) is 0 Å². The summed E-state index contributed by atoms with van der Waals surface area (Å²) in [6, 6.07) is 10.4. The standard InChI is InChI=1S/C17H22N2O2S/c1-12(2)15-8-19(17-18-14(10-20)11-22-17)9-16(21-15)13-6-4-3-5-7-13/h3-7,11-12,15-16,20H,8-10H2,1-2H3/t15-,16+/m1/s1. The Morgan fingerprint density at radius 1 is 1.32 bits per heavy atom. The molecular formula is C17H22N2O2S. The highest BCUT2D eigenvalue weighted by atomic mass is 32.1. The summed E-state index contributed by atoms with van der Waals surface area (Å²) in [4.78, 5) is 6.80. The Hall–Kier alpha value is -1.43. The van der Waals surface area contributed by atoms with E-state index in [2.05, 4.69) is 48.0 Å². The third-order valence-corrected chi connectivity index (χ3v) is 4.96. The fraction of sp³-hybridized carbons (Fsp3) is 0.471. The van der Waals surface area contributed by atoms with Crippen molar-refractivity contribution in [1.29, 1.82) is 0 Å². The van der Waals surface area contributed by atoms with Gasteiger partial charge in [-0.15, -0.1) is 11.3 Å². The number of anilines is 1. The summed E-state index contributed by atoms with van der Waals surface area (Å²) in [6.07, 6.45) is 0.240. The van der Waals surface area contributed by atoms with Crippen molar-refractivity contribution in [3.05, 3.63) is 47.0 Å². The summed E-state index contributed by atoms with van der Waals surface area (Å²) < 4.78 is 6.30. The van der Waals surface area contributed by atoms with Crippen LogP contribution >= 0.6 is 11.3 Å². The van der Waals surface area contributed by atoms with E-state index in [-0.39, 0.29) is 18.8 Å². The van der Waals surface area contributed by atoms with Gasteiger partial charge in [0.15, 0.2) is 5.13 Å². The monoisotopic (exact) mass is 318 g/mol. The minimum absolute atomic E-state index is 0.00341. The van der Waals surface area contributed by atoms with Crippen LogP contribution in [-0.2, 0) is 11.3 Å². The smallest absolute Gasteiger partial charge is 0.185 e. The molecule has 1 aromatic heterocycles. The van der Waals surface area contributed by atoms with Gasteiger partial charge in [0.2, 0.25) is 0 Å². The fourth-order valence-electron chi connectivity index (χ4n) is 2.68. The summed E-state index contributed by atoms with van der Waals surface area (Å²) >= 11 is 1.59. The second kappa shape index (κ2) is 6.77. The van der Waals surface area contributed by atoms with Crippen molar-refractivity contribution >= 4 is 16.5 Å². The predicted octanol–water partition coefficient (Wildman–Crippen LogP) is 3.24. The van der Waals surface area contributed by atoms with Crippen LogP contribution in [0, 0.1) is 5.92 Å². The van der Waals surface area contributed by atoms with Crippen molar-refractivity contribution < 1.29 is 9.84 Å². The molecule has 1 aliphatic heterocycles. The third-order valence-electron chi connectivity index (χ3n) is 4.01. The quantitative estimate of drug-likeness (QED) is 0.940. The van der Waals surface area contributed by atoms with E-state index < -0.39 is 0 Å². The zero-order chi connectivity index (χ0) is 15.5. The third kappa shape index (κ3) is 3.32. The molecule has 0 bridgehead atoms. The van der Waals surface area contributed by atoms with Crippen molar-refractivity contribution in [2.24, 2.45) is 5.92 Å². The molecule has 1 fully saturated rings. The second-order valence-corrected chi connectivity index (χ2v) is 6.84. The molecule has 1 saturated heterocycles. The van der Waals surface area contributed by atoms with Crippen LogP contribution in [0.1, 0.15) is 31.2 Å². The zero-order valence-electron chi connectivity index (χ0n) is 13.0. The lowest BCUT2D eigenvalue weighted by molar-refractivity contribution is -0.0499. The van der Waals surface area contributed by atoms with Crippen LogP contribution in [0.4, 0.5) is 5.13 Å². The molecule has 0 amide bonds. The van der Waals surface area contributed by atoms with Crippen molar-refractivity contribution in [3.63, 3.8) is 0 Å². The van der Waals surface area contributed by atoms with Crippen LogP contribution in [0.15, 0.2) is 35.7 Å². The number of hydrogen-bond donors (Lipinski definition) is 1. The largest absolute Gasteiger partial charge is 0.390 e. The molecule has 2 atom stereocenters. The van der Waals surface area contributed by atoms with Crippen LogP contribution < -0.4 is 4.90 Å². The van der Waals surface area contributed by atoms with E-state index >= 15 is 0 Å². The van der Waals surface area contributed by atoms with Gasteiger partial charge in [-0.1, -0.05) is 44.2 Å². The van der Waals surface area contributed by atoms with Crippen LogP contribution in [0.3, 0.4) is 0 Å². The number of thiazole rings is 1. The molecule has 3 rings (SSSR count). The van der Waals surface area contributed by atoms with E-state index in [1.807, 2.05) is 11.4 Å². The SMILES string of the molecule is CC(C)[C@H]1CN(c2nc(CO)cs2)C[C@@H](c2ccccc2)O1. The summed E-state index contributed by atoms with van der Waals surface area (Å²) in [5.74, 6) is 0.450. The van der Waals surface area contributed by atoms with E-state index in [4.69, 9.17) is 4.74 Å². The van der Waals surface area contributed by atoms with E-state index in [1.54, 1.807) is 11.3 Å². The summed E-state index contributed by atoms with van der Waals surface area (Å²) in [5.41, 5.74) is 1.95. The molecule has 1 N–H and O–H groups in total. The van der Waals surface area contributed by atoms with Crippen molar-refractivity contribution in [1.82, 2.24) is 4.98 Å². The molecule has 5 heteroatoms. The molecule has 0 radical (unpaired) electrons. The first-order chi connectivity index (χ1) is 10.7. The first-order valence-corrected chi connectivity index (χ1v) is 8.56. The fourth-order valence-corrected chi connectivity index (χ4v) is 3.52. The molecule has 118 valence electrons. The Labute approximate surface area is 135 Å². The maximum Gasteiger partial charge on any atom is 0.185 e. The van der Waals surface area contributed by atoms with Gasteiger partial charge in [-0.25, -0.2) is 4.98 Å². The number of hydrogen-bond acceptors (Lipinski definition) is 5. The highest BCUT2D eigenvalue weighted by molar-refractivity contribution is 7.13. The number of aromatic nitrogens is 1. The number of rotatable bonds is 4. The number of morpholine rings is 1. The maximum absolute atomic E-state index is 9.22. The highest BCUT2D eigenvalue weighted by Crippen LogP contribution is 2.32. The number of aliphatic hydroxyl groups is 1. The molecule has 0 saturated carbocycles. The number of nitrogens with zero attached hydrogens (tertiary/aromatic N) is 2. The van der Waals surface area contributed by atoms with E-state index in [9.17, 15) is 5.11 Å². The summed E-state index contributed by atoms with van der Waals surface area (Å²) in [5, 5.41) is 12.1. The first-order valence-electron chi connectivity index (χ1n) is 7.68. The maximum atomic E-state index is 9.22. The molecule has 0 spiro atoms. The number of aliphatic hydroxyl groups excluding tert-OH is 1. The average Bonchev–Trinajstić information content (AvgIpc) is 3.04. The van der Waals surface area contributed by atoms with Gasteiger partial charge in [-0.2, -0.15) is 0 Å². The van der Waals surface area contributed by atoms with Gasteiger partial charge in [-0.05, 0) is 11.5 Å². The number of benzene rings is 1. The molecule has 2 aromatic rings. The Morgan fingerprint density at radius 2 is 2.09 bits per heavy atom. The van der Waals surface area contributed by atoms with Gasteiger partial charge in [-0.3, -0.25) is 0 Å². The lowest BCUT2D eigenvalue weighted by Crippen LogP contribution is -2.46. The van der Waals surface area contributed by atoms with Gasteiger partial charge in [0, 0.05) is 11.9 Å². The molecule has 22 heavy (non-hydrogen) atoms. The van der Waals surface area contributed by atoms with Gasteiger partial charge >= 0.3 is 0 Å². The first kappa shape index (κ1) is 15.5. The minimum Gasteiger partial charge on any atom is -0.390 e. The molecule has 2 heterocycles. The zero-order valence-corrected chi connectivity index (χ0v) is 13.8. The van der Waals surface area contributed by atoms with Crippen molar-refractivity contribution in [2.75, 3.05) is 18.0 Å². The van der Waals surface area contributed by atoms with Gasteiger partial charge in [0.05, 0.1) is 24.9 Å². The van der Waals surface area contributed by atoms with Crippen LogP contribution in [0.2, 0.25) is 0 Å².